The maximum atomic E-state index is 12.3. The van der Waals surface area contributed by atoms with Crippen LogP contribution in [-0.2, 0) is 4.74 Å². The fourth-order valence-corrected chi connectivity index (χ4v) is 2.80. The number of piperazine rings is 1. The summed E-state index contributed by atoms with van der Waals surface area (Å²) in [5.74, 6) is 0. The van der Waals surface area contributed by atoms with Crippen molar-refractivity contribution in [2.45, 2.75) is 13.3 Å². The summed E-state index contributed by atoms with van der Waals surface area (Å²) in [5, 5.41) is 3.64. The monoisotopic (exact) mass is 325 g/mol. The van der Waals surface area contributed by atoms with Crippen LogP contribution in [0.4, 0.5) is 10.5 Å². The van der Waals surface area contributed by atoms with E-state index in [0.717, 1.165) is 57.0 Å². The lowest BCUT2D eigenvalue weighted by Gasteiger charge is -2.34. The zero-order chi connectivity index (χ0) is 15.9. The molecule has 122 valence electrons. The number of carbonyl (C=O) groups is 1. The SMILES string of the molecule is COCCCN1CCN(C(=O)Nc2ccc(Cl)cc2C)CC1. The molecule has 1 aliphatic rings. The third kappa shape index (κ3) is 4.87. The van der Waals surface area contributed by atoms with Crippen LogP contribution in [-0.4, -0.2) is 62.3 Å². The summed E-state index contributed by atoms with van der Waals surface area (Å²) < 4.78 is 5.07. The Morgan fingerprint density at radius 3 is 2.68 bits per heavy atom. The normalized spacial score (nSPS) is 15.9. The number of anilines is 1. The molecular weight excluding hydrogens is 302 g/mol. The molecule has 2 amide bonds. The highest BCUT2D eigenvalue weighted by molar-refractivity contribution is 6.30. The van der Waals surface area contributed by atoms with E-state index in [1.165, 1.54) is 0 Å². The predicted molar refractivity (Wildman–Crippen MR) is 89.7 cm³/mol. The first-order chi connectivity index (χ1) is 10.6. The molecular formula is C16H24ClN3O2. The first-order valence-corrected chi connectivity index (χ1v) is 8.01. The molecule has 0 radical (unpaired) electrons. The molecule has 0 aromatic heterocycles. The summed E-state index contributed by atoms with van der Waals surface area (Å²) in [5.41, 5.74) is 1.79. The second kappa shape index (κ2) is 8.36. The highest BCUT2D eigenvalue weighted by Gasteiger charge is 2.21. The average Bonchev–Trinajstić information content (AvgIpc) is 2.51. The highest BCUT2D eigenvalue weighted by Crippen LogP contribution is 2.20. The van der Waals surface area contributed by atoms with E-state index in [4.69, 9.17) is 16.3 Å². The molecule has 1 aromatic rings. The molecule has 1 heterocycles. The van der Waals surface area contributed by atoms with Gasteiger partial charge in [-0.05, 0) is 37.1 Å². The van der Waals surface area contributed by atoms with Crippen molar-refractivity contribution in [2.24, 2.45) is 0 Å². The molecule has 0 spiro atoms. The topological polar surface area (TPSA) is 44.8 Å². The molecule has 1 fully saturated rings. The number of hydrogen-bond donors (Lipinski definition) is 1. The number of amides is 2. The molecule has 6 heteroatoms. The van der Waals surface area contributed by atoms with Gasteiger partial charge in [0.2, 0.25) is 0 Å². The number of rotatable bonds is 5. The van der Waals surface area contributed by atoms with Gasteiger partial charge in [-0.25, -0.2) is 4.79 Å². The van der Waals surface area contributed by atoms with Crippen LogP contribution in [0.15, 0.2) is 18.2 Å². The van der Waals surface area contributed by atoms with Gasteiger partial charge in [0.25, 0.3) is 0 Å². The molecule has 1 aromatic carbocycles. The van der Waals surface area contributed by atoms with E-state index < -0.39 is 0 Å². The second-order valence-corrected chi connectivity index (χ2v) is 6.00. The van der Waals surface area contributed by atoms with Gasteiger partial charge >= 0.3 is 6.03 Å². The van der Waals surface area contributed by atoms with Crippen LogP contribution in [0.5, 0.6) is 0 Å². The molecule has 22 heavy (non-hydrogen) atoms. The number of methoxy groups -OCH3 is 1. The molecule has 5 nitrogen and oxygen atoms in total. The minimum absolute atomic E-state index is 0.0398. The first kappa shape index (κ1) is 17.1. The van der Waals surface area contributed by atoms with Crippen LogP contribution in [0, 0.1) is 6.92 Å². The second-order valence-electron chi connectivity index (χ2n) is 5.56. The standard InChI is InChI=1S/C16H24ClN3O2/c1-13-12-14(17)4-5-15(13)18-16(21)20-9-7-19(8-10-20)6-3-11-22-2/h4-5,12H,3,6-11H2,1-2H3,(H,18,21). The van der Waals surface area contributed by atoms with Gasteiger partial charge in [0.1, 0.15) is 0 Å². The van der Waals surface area contributed by atoms with E-state index in [-0.39, 0.29) is 6.03 Å². The number of nitrogens with zero attached hydrogens (tertiary/aromatic N) is 2. The molecule has 0 bridgehead atoms. The fraction of sp³-hybridized carbons (Fsp3) is 0.562. The summed E-state index contributed by atoms with van der Waals surface area (Å²) >= 11 is 5.93. The Balaban J connectivity index is 1.80. The third-order valence-corrected chi connectivity index (χ3v) is 4.15. The lowest BCUT2D eigenvalue weighted by Crippen LogP contribution is -2.50. The van der Waals surface area contributed by atoms with Crippen LogP contribution >= 0.6 is 11.6 Å². The fourth-order valence-electron chi connectivity index (χ4n) is 2.57. The van der Waals surface area contributed by atoms with E-state index in [2.05, 4.69) is 10.2 Å². The lowest BCUT2D eigenvalue weighted by molar-refractivity contribution is 0.130. The van der Waals surface area contributed by atoms with Crippen LogP contribution in [0.2, 0.25) is 5.02 Å². The molecule has 1 aliphatic heterocycles. The minimum atomic E-state index is -0.0398. The zero-order valence-electron chi connectivity index (χ0n) is 13.3. The summed E-state index contributed by atoms with van der Waals surface area (Å²) in [4.78, 5) is 16.5. The molecule has 0 aliphatic carbocycles. The van der Waals surface area contributed by atoms with Crippen LogP contribution in [0.25, 0.3) is 0 Å². The Morgan fingerprint density at radius 1 is 1.32 bits per heavy atom. The van der Waals surface area contributed by atoms with Crippen molar-refractivity contribution in [3.05, 3.63) is 28.8 Å². The number of urea groups is 1. The van der Waals surface area contributed by atoms with E-state index in [1.807, 2.05) is 24.0 Å². The average molecular weight is 326 g/mol. The predicted octanol–water partition coefficient (Wildman–Crippen LogP) is 2.83. The van der Waals surface area contributed by atoms with Crippen molar-refractivity contribution in [3.8, 4) is 0 Å². The Labute approximate surface area is 137 Å². The zero-order valence-corrected chi connectivity index (χ0v) is 14.0. The Kier molecular flexibility index (Phi) is 6.49. The van der Waals surface area contributed by atoms with Gasteiger partial charge in [-0.1, -0.05) is 11.6 Å². The van der Waals surface area contributed by atoms with Gasteiger partial charge in [-0.2, -0.15) is 0 Å². The summed E-state index contributed by atoms with van der Waals surface area (Å²) in [6.07, 6.45) is 1.03. The molecule has 2 rings (SSSR count). The minimum Gasteiger partial charge on any atom is -0.385 e. The van der Waals surface area contributed by atoms with Crippen LogP contribution in [0.3, 0.4) is 0 Å². The Morgan fingerprint density at radius 2 is 2.05 bits per heavy atom. The number of hydrogen-bond acceptors (Lipinski definition) is 3. The number of benzene rings is 1. The van der Waals surface area contributed by atoms with Crippen molar-refractivity contribution in [3.63, 3.8) is 0 Å². The van der Waals surface area contributed by atoms with Crippen molar-refractivity contribution < 1.29 is 9.53 Å². The number of nitrogens with one attached hydrogen (secondary N) is 1. The number of aryl methyl sites for hydroxylation is 1. The number of ether oxygens (including phenoxy) is 1. The molecule has 0 saturated carbocycles. The van der Waals surface area contributed by atoms with Gasteiger partial charge in [0.15, 0.2) is 0 Å². The van der Waals surface area contributed by atoms with Crippen LogP contribution in [0.1, 0.15) is 12.0 Å². The van der Waals surface area contributed by atoms with Crippen molar-refractivity contribution >= 4 is 23.3 Å². The number of halogens is 1. The van der Waals surface area contributed by atoms with E-state index in [0.29, 0.717) is 5.02 Å². The summed E-state index contributed by atoms with van der Waals surface area (Å²) in [6, 6.07) is 5.45. The van der Waals surface area contributed by atoms with Gasteiger partial charge in [-0.3, -0.25) is 4.90 Å². The van der Waals surface area contributed by atoms with Gasteiger partial charge < -0.3 is 15.0 Å². The molecule has 0 atom stereocenters. The van der Waals surface area contributed by atoms with E-state index >= 15 is 0 Å². The highest BCUT2D eigenvalue weighted by atomic mass is 35.5. The van der Waals surface area contributed by atoms with E-state index in [1.54, 1.807) is 13.2 Å². The van der Waals surface area contributed by atoms with Crippen molar-refractivity contribution in [1.82, 2.24) is 9.80 Å². The largest absolute Gasteiger partial charge is 0.385 e. The van der Waals surface area contributed by atoms with Gasteiger partial charge in [0, 0.05) is 57.2 Å². The summed E-state index contributed by atoms with van der Waals surface area (Å²) in [7, 11) is 1.72. The molecule has 0 unspecified atom stereocenters. The maximum absolute atomic E-state index is 12.3. The first-order valence-electron chi connectivity index (χ1n) is 7.63. The van der Waals surface area contributed by atoms with E-state index in [9.17, 15) is 4.79 Å². The Hall–Kier alpha value is -1.30. The molecule has 1 saturated heterocycles. The van der Waals surface area contributed by atoms with Crippen molar-refractivity contribution in [2.75, 3.05) is 51.8 Å². The quantitative estimate of drug-likeness (QED) is 0.847. The Bertz CT molecular complexity index is 502. The van der Waals surface area contributed by atoms with Crippen molar-refractivity contribution in [1.29, 1.82) is 0 Å². The summed E-state index contributed by atoms with van der Waals surface area (Å²) in [6.45, 7) is 7.09. The van der Waals surface area contributed by atoms with Gasteiger partial charge in [0.05, 0.1) is 0 Å². The number of carbonyl (C=O) groups excluding carboxylic acids is 1. The lowest BCUT2D eigenvalue weighted by atomic mass is 10.2. The van der Waals surface area contributed by atoms with Crippen LogP contribution < -0.4 is 5.32 Å². The van der Waals surface area contributed by atoms with Gasteiger partial charge in [-0.15, -0.1) is 0 Å². The molecule has 1 N–H and O–H groups in total. The smallest absolute Gasteiger partial charge is 0.321 e. The third-order valence-electron chi connectivity index (χ3n) is 3.91. The maximum Gasteiger partial charge on any atom is 0.321 e.